The van der Waals surface area contributed by atoms with E-state index in [1.54, 1.807) is 36.3 Å². The van der Waals surface area contributed by atoms with Crippen LogP contribution in [0.4, 0.5) is 0 Å². The maximum atomic E-state index is 13.9. The lowest BCUT2D eigenvalue weighted by Crippen LogP contribution is -2.54. The summed E-state index contributed by atoms with van der Waals surface area (Å²) in [4.78, 5) is 41.7. The first-order valence-corrected chi connectivity index (χ1v) is 13.0. The van der Waals surface area contributed by atoms with Crippen LogP contribution in [0.1, 0.15) is 48.5 Å². The van der Waals surface area contributed by atoms with Crippen LogP contribution in [0.5, 0.6) is 5.75 Å². The quantitative estimate of drug-likeness (QED) is 0.410. The van der Waals surface area contributed by atoms with Gasteiger partial charge in [0.15, 0.2) is 0 Å². The topological polar surface area (TPSA) is 87.7 Å². The summed E-state index contributed by atoms with van der Waals surface area (Å²) < 4.78 is 5.19. The number of benzene rings is 3. The van der Waals surface area contributed by atoms with Crippen molar-refractivity contribution in [2.45, 2.75) is 51.1 Å². The number of amides is 3. The molecule has 3 aromatic rings. The molecule has 0 bridgehead atoms. The first kappa shape index (κ1) is 26.2. The van der Waals surface area contributed by atoms with Crippen molar-refractivity contribution >= 4 is 28.5 Å². The lowest BCUT2D eigenvalue weighted by atomic mass is 9.97. The van der Waals surface area contributed by atoms with Crippen LogP contribution < -0.4 is 15.4 Å². The normalized spacial score (nSPS) is 15.8. The minimum absolute atomic E-state index is 0.121. The average molecular weight is 502 g/mol. The molecule has 0 unspecified atom stereocenters. The van der Waals surface area contributed by atoms with E-state index in [1.165, 1.54) is 0 Å². The second kappa shape index (κ2) is 12.4. The molecule has 194 valence electrons. The summed E-state index contributed by atoms with van der Waals surface area (Å²) in [6.45, 7) is 3.16. The zero-order chi connectivity index (χ0) is 26.2. The number of nitrogens with zero attached hydrogens (tertiary/aromatic N) is 1. The van der Waals surface area contributed by atoms with Gasteiger partial charge in [-0.05, 0) is 59.9 Å². The maximum absolute atomic E-state index is 13.9. The number of fused-ring (bicyclic) bond motifs is 1. The standard InChI is InChI=1S/C30H35N3O4/c1-3-4-18-31-29(35)27-13-8-19-33(27)30(36)26(32-28(34)22-14-16-24(37-2)17-15-22)20-23-11-7-10-21-9-5-6-12-25(21)23/h5-7,9-12,14-17,26-27H,3-4,8,13,18-20H2,1-2H3,(H,31,35)(H,32,34)/t26-,27+/m1/s1. The molecular weight excluding hydrogens is 466 g/mol. The highest BCUT2D eigenvalue weighted by molar-refractivity contribution is 5.99. The Hall–Kier alpha value is -3.87. The monoisotopic (exact) mass is 501 g/mol. The summed E-state index contributed by atoms with van der Waals surface area (Å²) in [5.41, 5.74) is 1.40. The highest BCUT2D eigenvalue weighted by Crippen LogP contribution is 2.23. The summed E-state index contributed by atoms with van der Waals surface area (Å²) in [5.74, 6) is -0.0501. The summed E-state index contributed by atoms with van der Waals surface area (Å²) in [7, 11) is 1.57. The molecule has 2 N–H and O–H groups in total. The molecular formula is C30H35N3O4. The summed E-state index contributed by atoms with van der Waals surface area (Å²) in [5, 5.41) is 8.05. The second-order valence-corrected chi connectivity index (χ2v) is 9.43. The van der Waals surface area contributed by atoms with Crippen molar-refractivity contribution < 1.29 is 19.1 Å². The van der Waals surface area contributed by atoms with E-state index < -0.39 is 12.1 Å². The van der Waals surface area contributed by atoms with Crippen LogP contribution in [-0.4, -0.2) is 54.9 Å². The van der Waals surface area contributed by atoms with E-state index in [0.717, 1.165) is 35.6 Å². The molecule has 37 heavy (non-hydrogen) atoms. The number of nitrogens with one attached hydrogen (secondary N) is 2. The van der Waals surface area contributed by atoms with Gasteiger partial charge in [0, 0.05) is 25.1 Å². The minimum atomic E-state index is -0.815. The molecule has 3 aromatic carbocycles. The fraction of sp³-hybridized carbons (Fsp3) is 0.367. The van der Waals surface area contributed by atoms with Crippen LogP contribution in [0.25, 0.3) is 10.8 Å². The number of carbonyl (C=O) groups excluding carboxylic acids is 3. The lowest BCUT2D eigenvalue weighted by molar-refractivity contribution is -0.139. The molecule has 7 nitrogen and oxygen atoms in total. The number of methoxy groups -OCH3 is 1. The predicted molar refractivity (Wildman–Crippen MR) is 145 cm³/mol. The fourth-order valence-corrected chi connectivity index (χ4v) is 4.88. The minimum Gasteiger partial charge on any atom is -0.497 e. The van der Waals surface area contributed by atoms with Gasteiger partial charge in [-0.15, -0.1) is 0 Å². The van der Waals surface area contributed by atoms with Crippen LogP contribution in [-0.2, 0) is 16.0 Å². The SMILES string of the molecule is CCCCNC(=O)[C@@H]1CCCN1C(=O)[C@@H](Cc1cccc2ccccc12)NC(=O)c1ccc(OC)cc1. The Kier molecular flexibility index (Phi) is 8.77. The van der Waals surface area contributed by atoms with Crippen molar-refractivity contribution in [3.63, 3.8) is 0 Å². The first-order chi connectivity index (χ1) is 18.0. The van der Waals surface area contributed by atoms with Crippen molar-refractivity contribution in [2.75, 3.05) is 20.2 Å². The van der Waals surface area contributed by atoms with E-state index in [0.29, 0.717) is 37.2 Å². The van der Waals surface area contributed by atoms with Gasteiger partial charge in [0.25, 0.3) is 5.91 Å². The van der Waals surface area contributed by atoms with E-state index in [1.807, 2.05) is 42.5 Å². The largest absolute Gasteiger partial charge is 0.497 e. The predicted octanol–water partition coefficient (Wildman–Crippen LogP) is 4.10. The van der Waals surface area contributed by atoms with Gasteiger partial charge in [0.1, 0.15) is 17.8 Å². The van der Waals surface area contributed by atoms with Crippen molar-refractivity contribution in [3.05, 3.63) is 77.9 Å². The van der Waals surface area contributed by atoms with Gasteiger partial charge in [-0.3, -0.25) is 14.4 Å². The Morgan fingerprint density at radius 2 is 1.78 bits per heavy atom. The molecule has 2 atom stereocenters. The summed E-state index contributed by atoms with van der Waals surface area (Å²) in [6.07, 6.45) is 3.58. The molecule has 0 radical (unpaired) electrons. The van der Waals surface area contributed by atoms with E-state index in [4.69, 9.17) is 4.74 Å². The van der Waals surface area contributed by atoms with E-state index in [-0.39, 0.29) is 17.7 Å². The number of hydrogen-bond donors (Lipinski definition) is 2. The molecule has 0 aliphatic carbocycles. The molecule has 1 heterocycles. The number of carbonyl (C=O) groups is 3. The van der Waals surface area contributed by atoms with Crippen molar-refractivity contribution in [1.82, 2.24) is 15.5 Å². The molecule has 7 heteroatoms. The Morgan fingerprint density at radius 3 is 2.54 bits per heavy atom. The number of likely N-dealkylation sites (tertiary alicyclic amines) is 1. The lowest BCUT2D eigenvalue weighted by Gasteiger charge is -2.29. The average Bonchev–Trinajstić information content (AvgIpc) is 3.43. The van der Waals surface area contributed by atoms with Crippen LogP contribution >= 0.6 is 0 Å². The van der Waals surface area contributed by atoms with Gasteiger partial charge in [-0.2, -0.15) is 0 Å². The van der Waals surface area contributed by atoms with Gasteiger partial charge in [0.2, 0.25) is 11.8 Å². The third-order valence-electron chi connectivity index (χ3n) is 6.93. The molecule has 3 amide bonds. The number of rotatable bonds is 10. The number of unbranched alkanes of at least 4 members (excludes halogenated alkanes) is 1. The van der Waals surface area contributed by atoms with Crippen molar-refractivity contribution in [1.29, 1.82) is 0 Å². The van der Waals surface area contributed by atoms with Gasteiger partial charge >= 0.3 is 0 Å². The summed E-state index contributed by atoms with van der Waals surface area (Å²) in [6, 6.07) is 19.4. The molecule has 1 fully saturated rings. The van der Waals surface area contributed by atoms with E-state index >= 15 is 0 Å². The third kappa shape index (κ3) is 6.28. The molecule has 0 saturated carbocycles. The van der Waals surface area contributed by atoms with Crippen LogP contribution in [0, 0.1) is 0 Å². The smallest absolute Gasteiger partial charge is 0.251 e. The molecule has 1 aliphatic heterocycles. The second-order valence-electron chi connectivity index (χ2n) is 9.43. The Morgan fingerprint density at radius 1 is 1.03 bits per heavy atom. The van der Waals surface area contributed by atoms with Crippen molar-refractivity contribution in [3.8, 4) is 5.75 Å². The van der Waals surface area contributed by atoms with Gasteiger partial charge in [-0.25, -0.2) is 0 Å². The first-order valence-electron chi connectivity index (χ1n) is 13.0. The Balaban J connectivity index is 1.60. The Labute approximate surface area is 218 Å². The highest BCUT2D eigenvalue weighted by atomic mass is 16.5. The Bertz CT molecular complexity index is 1240. The van der Waals surface area contributed by atoms with Crippen LogP contribution in [0.15, 0.2) is 66.7 Å². The maximum Gasteiger partial charge on any atom is 0.251 e. The van der Waals surface area contributed by atoms with Gasteiger partial charge in [0.05, 0.1) is 7.11 Å². The number of hydrogen-bond acceptors (Lipinski definition) is 4. The third-order valence-corrected chi connectivity index (χ3v) is 6.93. The van der Waals surface area contributed by atoms with Gasteiger partial charge < -0.3 is 20.3 Å². The molecule has 1 aliphatic rings. The molecule has 4 rings (SSSR count). The van der Waals surface area contributed by atoms with Crippen LogP contribution in [0.2, 0.25) is 0 Å². The number of ether oxygens (including phenoxy) is 1. The van der Waals surface area contributed by atoms with Crippen molar-refractivity contribution in [2.24, 2.45) is 0 Å². The van der Waals surface area contributed by atoms with E-state index in [2.05, 4.69) is 17.6 Å². The zero-order valence-electron chi connectivity index (χ0n) is 21.5. The summed E-state index contributed by atoms with van der Waals surface area (Å²) >= 11 is 0. The molecule has 0 spiro atoms. The molecule has 0 aromatic heterocycles. The highest BCUT2D eigenvalue weighted by Gasteiger charge is 2.37. The molecule has 1 saturated heterocycles. The van der Waals surface area contributed by atoms with Crippen LogP contribution in [0.3, 0.4) is 0 Å². The van der Waals surface area contributed by atoms with Gasteiger partial charge in [-0.1, -0.05) is 55.8 Å². The zero-order valence-corrected chi connectivity index (χ0v) is 21.5. The fourth-order valence-electron chi connectivity index (χ4n) is 4.88. The van der Waals surface area contributed by atoms with E-state index in [9.17, 15) is 14.4 Å².